The van der Waals surface area contributed by atoms with Gasteiger partial charge >= 0.3 is 76.8 Å². The van der Waals surface area contributed by atoms with E-state index in [4.69, 9.17) is 11.6 Å². The molecule has 0 saturated heterocycles. The van der Waals surface area contributed by atoms with E-state index in [1.807, 2.05) is 6.20 Å². The second kappa shape index (κ2) is 3.31. The maximum atomic E-state index is 6.00. The number of aromatic nitrogens is 1. The van der Waals surface area contributed by atoms with Crippen LogP contribution in [0.5, 0.6) is 0 Å². The molecule has 3 heteroatoms. The Hall–Kier alpha value is 0.239. The summed E-state index contributed by atoms with van der Waals surface area (Å²) in [5.74, 6) is 0. The standard InChI is InChI=1S/C5H3ClN.3CH3.Sn/c6-5-2-1-3-7-4-5;;;;/h1,3-4H;3*1H3;. The van der Waals surface area contributed by atoms with Gasteiger partial charge in [0, 0.05) is 0 Å². The van der Waals surface area contributed by atoms with Gasteiger partial charge in [-0.15, -0.1) is 0 Å². The van der Waals surface area contributed by atoms with Crippen LogP contribution in [0.3, 0.4) is 0 Å². The zero-order valence-corrected chi connectivity index (χ0v) is 10.7. The van der Waals surface area contributed by atoms with Gasteiger partial charge in [0.05, 0.1) is 0 Å². The Balaban J connectivity index is 3.14. The maximum absolute atomic E-state index is 6.00. The summed E-state index contributed by atoms with van der Waals surface area (Å²) in [6.07, 6.45) is 3.56. The van der Waals surface area contributed by atoms with Gasteiger partial charge in [-0.2, -0.15) is 0 Å². The van der Waals surface area contributed by atoms with E-state index < -0.39 is 18.4 Å². The van der Waals surface area contributed by atoms with Gasteiger partial charge in [-0.1, -0.05) is 0 Å². The van der Waals surface area contributed by atoms with Crippen molar-refractivity contribution in [2.45, 2.75) is 14.8 Å². The second-order valence-corrected chi connectivity index (χ2v) is 18.4. The van der Waals surface area contributed by atoms with Crippen LogP contribution in [0, 0.1) is 0 Å². The van der Waals surface area contributed by atoms with Gasteiger partial charge in [-0.05, 0) is 0 Å². The summed E-state index contributed by atoms with van der Waals surface area (Å²) < 4.78 is 1.36. The third kappa shape index (κ3) is 2.34. The van der Waals surface area contributed by atoms with E-state index in [2.05, 4.69) is 25.9 Å². The molecule has 0 N–H and O–H groups in total. The Labute approximate surface area is 76.7 Å². The Morgan fingerprint density at radius 3 is 2.36 bits per heavy atom. The van der Waals surface area contributed by atoms with Gasteiger partial charge in [0.1, 0.15) is 0 Å². The second-order valence-electron chi connectivity index (χ2n) is 3.61. The van der Waals surface area contributed by atoms with Gasteiger partial charge in [-0.25, -0.2) is 0 Å². The zero-order valence-electron chi connectivity index (χ0n) is 7.06. The van der Waals surface area contributed by atoms with E-state index >= 15 is 0 Å². The molecule has 0 atom stereocenters. The van der Waals surface area contributed by atoms with Gasteiger partial charge in [0.15, 0.2) is 0 Å². The molecule has 1 aromatic heterocycles. The molecule has 0 spiro atoms. The Morgan fingerprint density at radius 2 is 2.00 bits per heavy atom. The Kier molecular flexibility index (Phi) is 2.81. The van der Waals surface area contributed by atoms with E-state index in [0.29, 0.717) is 0 Å². The molecular formula is C8H12ClNSn. The first-order valence-electron chi connectivity index (χ1n) is 3.62. The van der Waals surface area contributed by atoms with Crippen LogP contribution < -0.4 is 3.58 Å². The molecule has 1 heterocycles. The van der Waals surface area contributed by atoms with Crippen LogP contribution in [-0.2, 0) is 0 Å². The molecule has 0 aromatic carbocycles. The Bertz CT molecular complexity index is 255. The average Bonchev–Trinajstić information content (AvgIpc) is 1.86. The molecule has 0 fully saturated rings. The summed E-state index contributed by atoms with van der Waals surface area (Å²) in [6.45, 7) is 0. The van der Waals surface area contributed by atoms with Crippen molar-refractivity contribution >= 4 is 33.6 Å². The average molecular weight is 276 g/mol. The summed E-state index contributed by atoms with van der Waals surface area (Å²) in [4.78, 5) is 11.0. The third-order valence-corrected chi connectivity index (χ3v) is 8.19. The number of pyridine rings is 1. The van der Waals surface area contributed by atoms with E-state index in [1.165, 1.54) is 3.58 Å². The molecule has 1 aromatic rings. The van der Waals surface area contributed by atoms with Crippen molar-refractivity contribution in [2.75, 3.05) is 0 Å². The minimum absolute atomic E-state index is 0.843. The van der Waals surface area contributed by atoms with Crippen molar-refractivity contribution < 1.29 is 0 Å². The number of hydrogen-bond acceptors (Lipinski definition) is 1. The topological polar surface area (TPSA) is 12.9 Å². The molecular weight excluding hydrogens is 264 g/mol. The van der Waals surface area contributed by atoms with E-state index in [9.17, 15) is 0 Å². The summed E-state index contributed by atoms with van der Waals surface area (Å²) in [7, 11) is 0. The number of nitrogens with zero attached hydrogens (tertiary/aromatic N) is 1. The van der Waals surface area contributed by atoms with Crippen LogP contribution >= 0.6 is 11.6 Å². The fourth-order valence-electron chi connectivity index (χ4n) is 0.983. The predicted molar refractivity (Wildman–Crippen MR) is 52.2 cm³/mol. The molecule has 0 bridgehead atoms. The normalized spacial score (nSPS) is 11.6. The van der Waals surface area contributed by atoms with Gasteiger partial charge in [0.25, 0.3) is 0 Å². The van der Waals surface area contributed by atoms with Gasteiger partial charge in [-0.3, -0.25) is 0 Å². The van der Waals surface area contributed by atoms with Crippen LogP contribution in [0.2, 0.25) is 19.8 Å². The SMILES string of the molecule is [CH3][Sn]([CH3])([CH3])[c]1ccncc1Cl. The number of rotatable bonds is 1. The molecule has 0 saturated carbocycles. The minimum atomic E-state index is -1.95. The van der Waals surface area contributed by atoms with Crippen molar-refractivity contribution in [1.29, 1.82) is 0 Å². The first-order chi connectivity index (χ1) is 5.02. The van der Waals surface area contributed by atoms with E-state index in [1.54, 1.807) is 6.20 Å². The fraction of sp³-hybridized carbons (Fsp3) is 0.375. The Morgan fingerprint density at radius 1 is 1.36 bits per heavy atom. The monoisotopic (exact) mass is 277 g/mol. The van der Waals surface area contributed by atoms with Crippen LogP contribution in [0.25, 0.3) is 0 Å². The molecule has 0 aliphatic carbocycles. The van der Waals surface area contributed by atoms with Crippen LogP contribution in [0.4, 0.5) is 0 Å². The quantitative estimate of drug-likeness (QED) is 0.717. The molecule has 11 heavy (non-hydrogen) atoms. The molecule has 1 nitrogen and oxygen atoms in total. The number of halogens is 1. The van der Waals surface area contributed by atoms with E-state index in [-0.39, 0.29) is 0 Å². The third-order valence-electron chi connectivity index (χ3n) is 1.58. The van der Waals surface area contributed by atoms with Gasteiger partial charge in [0.2, 0.25) is 0 Å². The molecule has 0 unspecified atom stereocenters. The van der Waals surface area contributed by atoms with Crippen LogP contribution in [0.1, 0.15) is 0 Å². The summed E-state index contributed by atoms with van der Waals surface area (Å²) in [5, 5.41) is 0.843. The summed E-state index contributed by atoms with van der Waals surface area (Å²) >= 11 is 4.05. The zero-order chi connectivity index (χ0) is 8.48. The first kappa shape index (κ1) is 9.33. The van der Waals surface area contributed by atoms with Crippen molar-refractivity contribution in [3.05, 3.63) is 23.5 Å². The van der Waals surface area contributed by atoms with Gasteiger partial charge < -0.3 is 0 Å². The fourth-order valence-corrected chi connectivity index (χ4v) is 6.87. The van der Waals surface area contributed by atoms with E-state index in [0.717, 1.165) is 5.02 Å². The van der Waals surface area contributed by atoms with Crippen molar-refractivity contribution in [3.8, 4) is 0 Å². The molecule has 0 radical (unpaired) electrons. The summed E-state index contributed by atoms with van der Waals surface area (Å²) in [6, 6.07) is 2.05. The van der Waals surface area contributed by atoms with Crippen LogP contribution in [0.15, 0.2) is 18.5 Å². The van der Waals surface area contributed by atoms with Crippen molar-refractivity contribution in [1.82, 2.24) is 4.98 Å². The van der Waals surface area contributed by atoms with Crippen molar-refractivity contribution in [2.24, 2.45) is 0 Å². The number of hydrogen-bond donors (Lipinski definition) is 0. The first-order valence-corrected chi connectivity index (χ1v) is 14.0. The molecule has 0 amide bonds. The molecule has 60 valence electrons. The van der Waals surface area contributed by atoms with Crippen LogP contribution in [-0.4, -0.2) is 23.4 Å². The predicted octanol–water partition coefficient (Wildman–Crippen LogP) is 2.28. The molecule has 0 aliphatic heterocycles. The molecule has 1 rings (SSSR count). The molecule has 0 aliphatic rings. The summed E-state index contributed by atoms with van der Waals surface area (Å²) in [5.41, 5.74) is 0. The van der Waals surface area contributed by atoms with Crippen molar-refractivity contribution in [3.63, 3.8) is 0 Å².